The number of benzene rings is 1. The molecule has 0 aliphatic carbocycles. The molecule has 1 aromatic heterocycles. The number of halogens is 6. The van der Waals surface area contributed by atoms with E-state index >= 15 is 0 Å². The molecule has 0 radical (unpaired) electrons. The van der Waals surface area contributed by atoms with Gasteiger partial charge in [-0.3, -0.25) is 10.1 Å². The summed E-state index contributed by atoms with van der Waals surface area (Å²) in [6.07, 6.45) is -9.39. The maximum absolute atomic E-state index is 13.0. The zero-order valence-corrected chi connectivity index (χ0v) is 13.8. The van der Waals surface area contributed by atoms with E-state index in [0.717, 1.165) is 0 Å². The van der Waals surface area contributed by atoms with Crippen molar-refractivity contribution in [3.8, 4) is 0 Å². The molecule has 0 fully saturated rings. The number of hydrogen-bond donors (Lipinski definition) is 2. The lowest BCUT2D eigenvalue weighted by molar-refractivity contribution is -0.387. The molecular formula is C14H12F6N2O3S. The number of fused-ring (bicyclic) bond motifs is 1. The van der Waals surface area contributed by atoms with Crippen LogP contribution < -0.4 is 0 Å². The minimum atomic E-state index is -4.97. The Hall–Kier alpha value is -1.95. The molecular weight excluding hydrogens is 390 g/mol. The first-order chi connectivity index (χ1) is 11.7. The summed E-state index contributed by atoms with van der Waals surface area (Å²) in [6.45, 7) is 1.19. The Bertz CT molecular complexity index is 828. The van der Waals surface area contributed by atoms with Gasteiger partial charge in [-0.15, -0.1) is 11.8 Å². The molecule has 0 aliphatic heterocycles. The van der Waals surface area contributed by atoms with Crippen molar-refractivity contribution in [1.29, 1.82) is 0 Å². The van der Waals surface area contributed by atoms with Crippen molar-refractivity contribution in [3.05, 3.63) is 39.6 Å². The lowest BCUT2D eigenvalue weighted by atomic mass is 10.1. The summed E-state index contributed by atoms with van der Waals surface area (Å²) in [7, 11) is 0. The third-order valence-electron chi connectivity index (χ3n) is 3.47. The van der Waals surface area contributed by atoms with E-state index in [1.54, 1.807) is 0 Å². The zero-order chi connectivity index (χ0) is 19.9. The van der Waals surface area contributed by atoms with Crippen molar-refractivity contribution in [2.24, 2.45) is 0 Å². The maximum atomic E-state index is 13.0. The van der Waals surface area contributed by atoms with Crippen molar-refractivity contribution in [3.63, 3.8) is 0 Å². The normalized spacial score (nSPS) is 15.2. The number of hydrogen-bond acceptors (Lipinski definition) is 4. The second-order valence-electron chi connectivity index (χ2n) is 5.78. The van der Waals surface area contributed by atoms with Crippen molar-refractivity contribution in [2.75, 3.05) is 11.5 Å². The summed E-state index contributed by atoms with van der Waals surface area (Å²) in [5, 5.41) is 21.2. The number of nitrogens with zero attached hydrogens (tertiary/aromatic N) is 1. The highest BCUT2D eigenvalue weighted by Crippen LogP contribution is 2.39. The third kappa shape index (κ3) is 4.61. The first-order valence-corrected chi connectivity index (χ1v) is 8.12. The van der Waals surface area contributed by atoms with Gasteiger partial charge >= 0.3 is 12.4 Å². The molecule has 1 heterocycles. The van der Waals surface area contributed by atoms with E-state index in [4.69, 9.17) is 0 Å². The first-order valence-electron chi connectivity index (χ1n) is 6.96. The Morgan fingerprint density at radius 1 is 1.15 bits per heavy atom. The second kappa shape index (κ2) is 6.65. The molecule has 1 aromatic carbocycles. The molecule has 2 rings (SSSR count). The van der Waals surface area contributed by atoms with Crippen molar-refractivity contribution < 1.29 is 36.4 Å². The summed E-state index contributed by atoms with van der Waals surface area (Å²) < 4.78 is 75.5. The van der Waals surface area contributed by atoms with E-state index in [1.165, 1.54) is 13.0 Å². The predicted octanol–water partition coefficient (Wildman–Crippen LogP) is 4.60. The topological polar surface area (TPSA) is 79.2 Å². The Balaban J connectivity index is 2.40. The van der Waals surface area contributed by atoms with Crippen LogP contribution in [0.1, 0.15) is 18.2 Å². The van der Waals surface area contributed by atoms with Gasteiger partial charge in [0.1, 0.15) is 11.2 Å². The van der Waals surface area contributed by atoms with Crippen LogP contribution in [0.2, 0.25) is 0 Å². The van der Waals surface area contributed by atoms with Crippen LogP contribution in [0.3, 0.4) is 0 Å². The smallest absolute Gasteiger partial charge is 0.383 e. The van der Waals surface area contributed by atoms with Crippen LogP contribution in [0.15, 0.2) is 18.2 Å². The number of rotatable bonds is 5. The summed E-state index contributed by atoms with van der Waals surface area (Å²) in [6, 6.07) is 2.42. The number of nitro benzene ring substituents is 1. The predicted molar refractivity (Wildman–Crippen MR) is 82.9 cm³/mol. The largest absolute Gasteiger partial charge is 0.423 e. The third-order valence-corrected chi connectivity index (χ3v) is 4.77. The highest BCUT2D eigenvalue weighted by Gasteiger charge is 2.39. The van der Waals surface area contributed by atoms with E-state index < -0.39 is 39.9 Å². The zero-order valence-electron chi connectivity index (χ0n) is 13.0. The molecule has 0 unspecified atom stereocenters. The number of alkyl halides is 6. The van der Waals surface area contributed by atoms with Gasteiger partial charge in [-0.2, -0.15) is 26.3 Å². The molecule has 5 nitrogen and oxygen atoms in total. The molecule has 0 amide bonds. The van der Waals surface area contributed by atoms with Crippen LogP contribution in [0, 0.1) is 10.1 Å². The van der Waals surface area contributed by atoms with Crippen LogP contribution in [0.25, 0.3) is 10.9 Å². The lowest BCUT2D eigenvalue weighted by Gasteiger charge is -2.21. The van der Waals surface area contributed by atoms with Gasteiger partial charge in [0.05, 0.1) is 10.7 Å². The molecule has 0 saturated heterocycles. The number of nitrogens with one attached hydrogen (secondary N) is 1. The van der Waals surface area contributed by atoms with Crippen LogP contribution in [0.5, 0.6) is 0 Å². The molecule has 2 aromatic rings. The summed E-state index contributed by atoms with van der Waals surface area (Å²) >= 11 is 0.404. The maximum Gasteiger partial charge on any atom is 0.423 e. The summed E-state index contributed by atoms with van der Waals surface area (Å²) in [4.78, 5) is 12.2. The van der Waals surface area contributed by atoms with Crippen molar-refractivity contribution >= 4 is 28.4 Å². The Kier molecular flexibility index (Phi) is 5.21. The fraction of sp³-hybridized carbons (Fsp3) is 0.429. The van der Waals surface area contributed by atoms with Gasteiger partial charge < -0.3 is 10.1 Å². The fourth-order valence-corrected chi connectivity index (χ4v) is 3.17. The molecule has 0 bridgehead atoms. The highest BCUT2D eigenvalue weighted by atomic mass is 32.2. The van der Waals surface area contributed by atoms with Gasteiger partial charge in [-0.25, -0.2) is 0 Å². The average Bonchev–Trinajstić information content (AvgIpc) is 2.87. The van der Waals surface area contributed by atoms with E-state index in [2.05, 4.69) is 4.98 Å². The number of aliphatic hydroxyl groups is 1. The number of aromatic nitrogens is 1. The standard InChI is InChI=1S/C14H12F6N2O3S/c1-12(23,5-26-6-13(15,16)17)11-3-7-2-10(22(24)25)8(14(18,19)20)4-9(7)21-11/h2-4,21,23H,5-6H2,1H3/t12-/m1/s1. The van der Waals surface area contributed by atoms with Crippen LogP contribution in [0.4, 0.5) is 32.0 Å². The first kappa shape index (κ1) is 20.4. The van der Waals surface area contributed by atoms with Gasteiger partial charge in [0.2, 0.25) is 0 Å². The molecule has 2 N–H and O–H groups in total. The van der Waals surface area contributed by atoms with Crippen molar-refractivity contribution in [2.45, 2.75) is 24.9 Å². The quantitative estimate of drug-likeness (QED) is 0.435. The molecule has 0 saturated carbocycles. The summed E-state index contributed by atoms with van der Waals surface area (Å²) in [5.41, 5.74) is -4.59. The number of nitro groups is 1. The van der Waals surface area contributed by atoms with Gasteiger partial charge in [-0.05, 0) is 19.1 Å². The SMILES string of the molecule is C[C@@](O)(CSCC(F)(F)F)c1cc2cc([N+](=O)[O-])c(C(F)(F)F)cc2[nH]1. The number of thioether (sulfide) groups is 1. The van der Waals surface area contributed by atoms with E-state index in [-0.39, 0.29) is 22.3 Å². The van der Waals surface area contributed by atoms with E-state index in [9.17, 15) is 41.6 Å². The number of H-pyrrole nitrogens is 1. The van der Waals surface area contributed by atoms with Crippen molar-refractivity contribution in [1.82, 2.24) is 4.98 Å². The Labute approximate surface area is 146 Å². The molecule has 1 atom stereocenters. The second-order valence-corrected chi connectivity index (χ2v) is 6.76. The van der Waals surface area contributed by atoms with Gasteiger partial charge in [0, 0.05) is 28.4 Å². The molecule has 144 valence electrons. The van der Waals surface area contributed by atoms with Gasteiger partial charge in [0.25, 0.3) is 5.69 Å². The molecule has 0 spiro atoms. The monoisotopic (exact) mass is 402 g/mol. The molecule has 26 heavy (non-hydrogen) atoms. The van der Waals surface area contributed by atoms with E-state index in [0.29, 0.717) is 23.9 Å². The highest BCUT2D eigenvalue weighted by molar-refractivity contribution is 7.99. The van der Waals surface area contributed by atoms with Gasteiger partial charge in [0.15, 0.2) is 0 Å². The van der Waals surface area contributed by atoms with Gasteiger partial charge in [-0.1, -0.05) is 0 Å². The Morgan fingerprint density at radius 3 is 2.27 bits per heavy atom. The number of aromatic amines is 1. The van der Waals surface area contributed by atoms with Crippen LogP contribution >= 0.6 is 11.8 Å². The summed E-state index contributed by atoms with van der Waals surface area (Å²) in [5.74, 6) is -1.58. The van der Waals surface area contributed by atoms with E-state index in [1.807, 2.05) is 0 Å². The van der Waals surface area contributed by atoms with Crippen LogP contribution in [-0.4, -0.2) is 32.7 Å². The minimum absolute atomic E-state index is 0.0285. The minimum Gasteiger partial charge on any atom is -0.383 e. The average molecular weight is 402 g/mol. The fourth-order valence-electron chi connectivity index (χ4n) is 2.28. The molecule has 0 aliphatic rings. The lowest BCUT2D eigenvalue weighted by Crippen LogP contribution is -2.26. The Morgan fingerprint density at radius 2 is 1.77 bits per heavy atom. The molecule has 12 heteroatoms. The van der Waals surface area contributed by atoms with Crippen LogP contribution in [-0.2, 0) is 11.8 Å².